The Labute approximate surface area is 213 Å². The van der Waals surface area contributed by atoms with Crippen LogP contribution in [-0.4, -0.2) is 54.2 Å². The average molecular weight is 511 g/mol. The highest BCUT2D eigenvalue weighted by atomic mass is 19.1. The fourth-order valence-corrected chi connectivity index (χ4v) is 5.74. The van der Waals surface area contributed by atoms with E-state index in [1.54, 1.807) is 29.2 Å². The van der Waals surface area contributed by atoms with Crippen LogP contribution in [0.1, 0.15) is 11.1 Å². The SMILES string of the molecule is CN1C[C@@H]2CN(C(=O)Nc3cc(F)cc(F)c3)C[C@H](C1)[C@@]2(O)c1ccc(-c2ccc(CN)cc2F)cc1. The molecule has 37 heavy (non-hydrogen) atoms. The number of amides is 2. The zero-order chi connectivity index (χ0) is 26.3. The van der Waals surface area contributed by atoms with Crippen molar-refractivity contribution in [3.63, 3.8) is 0 Å². The van der Waals surface area contributed by atoms with Gasteiger partial charge in [0.25, 0.3) is 0 Å². The number of likely N-dealkylation sites (tertiary alicyclic amines) is 2. The molecule has 2 aliphatic heterocycles. The molecule has 0 spiro atoms. The largest absolute Gasteiger partial charge is 0.384 e. The molecule has 2 fully saturated rings. The van der Waals surface area contributed by atoms with Gasteiger partial charge in [0, 0.05) is 61.9 Å². The number of anilines is 1. The lowest BCUT2D eigenvalue weighted by Crippen LogP contribution is -2.65. The molecule has 0 aromatic heterocycles. The molecule has 0 unspecified atom stereocenters. The van der Waals surface area contributed by atoms with E-state index in [1.807, 2.05) is 19.2 Å². The summed E-state index contributed by atoms with van der Waals surface area (Å²) < 4.78 is 41.7. The van der Waals surface area contributed by atoms with Gasteiger partial charge < -0.3 is 26.0 Å². The summed E-state index contributed by atoms with van der Waals surface area (Å²) in [6, 6.07) is 14.5. The van der Waals surface area contributed by atoms with Crippen LogP contribution in [-0.2, 0) is 12.1 Å². The van der Waals surface area contributed by atoms with Crippen molar-refractivity contribution in [2.45, 2.75) is 12.1 Å². The molecule has 0 saturated carbocycles. The van der Waals surface area contributed by atoms with E-state index in [1.165, 1.54) is 6.07 Å². The lowest BCUT2D eigenvalue weighted by molar-refractivity contribution is -0.153. The molecule has 194 valence electrons. The summed E-state index contributed by atoms with van der Waals surface area (Å²) >= 11 is 0. The number of urea groups is 1. The van der Waals surface area contributed by atoms with Gasteiger partial charge in [-0.2, -0.15) is 0 Å². The molecule has 3 atom stereocenters. The van der Waals surface area contributed by atoms with E-state index < -0.39 is 23.3 Å². The van der Waals surface area contributed by atoms with Crippen LogP contribution in [0.3, 0.4) is 0 Å². The van der Waals surface area contributed by atoms with Gasteiger partial charge in [0.2, 0.25) is 0 Å². The molecule has 0 radical (unpaired) electrons. The Morgan fingerprint density at radius 1 is 0.973 bits per heavy atom. The van der Waals surface area contributed by atoms with E-state index in [0.717, 1.165) is 18.2 Å². The normalized spacial score (nSPS) is 23.7. The van der Waals surface area contributed by atoms with Gasteiger partial charge in [0.05, 0.1) is 0 Å². The number of rotatable bonds is 4. The number of halogens is 3. The average Bonchev–Trinajstić information content (AvgIpc) is 2.84. The Hall–Kier alpha value is -3.40. The third kappa shape index (κ3) is 4.82. The first kappa shape index (κ1) is 25.3. The van der Waals surface area contributed by atoms with Crippen LogP contribution in [0.2, 0.25) is 0 Å². The van der Waals surface area contributed by atoms with Gasteiger partial charge in [-0.25, -0.2) is 18.0 Å². The van der Waals surface area contributed by atoms with Crippen molar-refractivity contribution in [2.75, 3.05) is 38.5 Å². The molecule has 0 aliphatic carbocycles. The molecule has 2 heterocycles. The summed E-state index contributed by atoms with van der Waals surface area (Å²) in [5.74, 6) is -2.51. The summed E-state index contributed by atoms with van der Waals surface area (Å²) in [7, 11) is 1.97. The minimum atomic E-state index is -1.19. The quantitative estimate of drug-likeness (QED) is 0.493. The summed E-state index contributed by atoms with van der Waals surface area (Å²) in [5.41, 5.74) is 7.02. The van der Waals surface area contributed by atoms with Gasteiger partial charge in [-0.15, -0.1) is 0 Å². The van der Waals surface area contributed by atoms with E-state index >= 15 is 0 Å². The van der Waals surface area contributed by atoms with E-state index in [0.29, 0.717) is 35.3 Å². The van der Waals surface area contributed by atoms with Crippen molar-refractivity contribution in [2.24, 2.45) is 17.6 Å². The number of aliphatic hydroxyl groups is 1. The number of piperidine rings is 2. The van der Waals surface area contributed by atoms with Gasteiger partial charge in [0.15, 0.2) is 0 Å². The summed E-state index contributed by atoms with van der Waals surface area (Å²) in [4.78, 5) is 16.7. The zero-order valence-corrected chi connectivity index (χ0v) is 20.4. The molecule has 3 aromatic rings. The van der Waals surface area contributed by atoms with Crippen molar-refractivity contribution in [3.05, 3.63) is 89.2 Å². The second-order valence-corrected chi connectivity index (χ2v) is 10.0. The number of benzene rings is 3. The molecule has 2 aliphatic rings. The highest BCUT2D eigenvalue weighted by Crippen LogP contribution is 2.45. The molecule has 4 N–H and O–H groups in total. The number of nitrogens with zero attached hydrogens (tertiary/aromatic N) is 2. The Balaban J connectivity index is 1.37. The third-order valence-electron chi connectivity index (χ3n) is 7.52. The maximum Gasteiger partial charge on any atom is 0.321 e. The first-order valence-corrected chi connectivity index (χ1v) is 12.2. The smallest absolute Gasteiger partial charge is 0.321 e. The topological polar surface area (TPSA) is 81.8 Å². The molecule has 2 saturated heterocycles. The van der Waals surface area contributed by atoms with Crippen molar-refractivity contribution >= 4 is 11.7 Å². The van der Waals surface area contributed by atoms with Crippen LogP contribution in [0, 0.1) is 29.3 Å². The monoisotopic (exact) mass is 510 g/mol. The van der Waals surface area contributed by atoms with Crippen molar-refractivity contribution < 1.29 is 23.1 Å². The van der Waals surface area contributed by atoms with Crippen molar-refractivity contribution in [1.82, 2.24) is 9.80 Å². The number of carbonyl (C=O) groups excluding carboxylic acids is 1. The molecule has 6 nitrogen and oxygen atoms in total. The van der Waals surface area contributed by atoms with E-state index in [9.17, 15) is 23.1 Å². The minimum Gasteiger partial charge on any atom is -0.384 e. The van der Waals surface area contributed by atoms with Crippen LogP contribution in [0.25, 0.3) is 11.1 Å². The first-order chi connectivity index (χ1) is 17.7. The predicted molar refractivity (Wildman–Crippen MR) is 135 cm³/mol. The minimum absolute atomic E-state index is 0.0351. The first-order valence-electron chi connectivity index (χ1n) is 12.2. The fraction of sp³-hybridized carbons (Fsp3) is 0.321. The number of nitrogens with one attached hydrogen (secondary N) is 1. The molecule has 3 aromatic carbocycles. The van der Waals surface area contributed by atoms with Gasteiger partial charge >= 0.3 is 6.03 Å². The molecular formula is C28H29F3N4O2. The lowest BCUT2D eigenvalue weighted by Gasteiger charge is -2.55. The molecule has 2 amide bonds. The van der Waals surface area contributed by atoms with Crippen molar-refractivity contribution in [3.8, 4) is 11.1 Å². The van der Waals surface area contributed by atoms with Crippen molar-refractivity contribution in [1.29, 1.82) is 0 Å². The Morgan fingerprint density at radius 3 is 2.16 bits per heavy atom. The second-order valence-electron chi connectivity index (χ2n) is 10.0. The Morgan fingerprint density at radius 2 is 1.59 bits per heavy atom. The standard InChI is InChI=1S/C28H29F3N4O2/c1-34-13-20-15-35(27(36)33-24-10-22(29)9-23(30)11-24)16-21(14-34)28(20,37)19-5-3-18(4-6-19)25-7-2-17(12-32)8-26(25)31/h2-11,20-21,37H,12-16,32H2,1H3,(H,33,36)/t20-,21+,28-. The van der Waals surface area contributed by atoms with Crippen LogP contribution < -0.4 is 11.1 Å². The molecule has 2 bridgehead atoms. The summed E-state index contributed by atoms with van der Waals surface area (Å²) in [6.45, 7) is 1.90. The van der Waals surface area contributed by atoms with E-state index in [-0.39, 0.29) is 43.0 Å². The van der Waals surface area contributed by atoms with Gasteiger partial charge in [-0.1, -0.05) is 36.4 Å². The van der Waals surface area contributed by atoms with Crippen LogP contribution in [0.15, 0.2) is 60.7 Å². The number of hydrogen-bond acceptors (Lipinski definition) is 4. The number of nitrogens with two attached hydrogens (primary N) is 1. The maximum atomic E-state index is 14.6. The van der Waals surface area contributed by atoms with Gasteiger partial charge in [-0.3, -0.25) is 0 Å². The molecule has 9 heteroatoms. The van der Waals surface area contributed by atoms with Crippen LogP contribution >= 0.6 is 0 Å². The Bertz CT molecular complexity index is 1280. The maximum absolute atomic E-state index is 14.6. The number of fused-ring (bicyclic) bond motifs is 2. The van der Waals surface area contributed by atoms with Gasteiger partial charge in [-0.05, 0) is 41.9 Å². The van der Waals surface area contributed by atoms with E-state index in [2.05, 4.69) is 10.2 Å². The number of hydrogen-bond donors (Lipinski definition) is 3. The third-order valence-corrected chi connectivity index (χ3v) is 7.52. The Kier molecular flexibility index (Phi) is 6.70. The summed E-state index contributed by atoms with van der Waals surface area (Å²) in [6.07, 6.45) is 0. The fourth-order valence-electron chi connectivity index (χ4n) is 5.74. The van der Waals surface area contributed by atoms with Crippen LogP contribution in [0.4, 0.5) is 23.7 Å². The molecular weight excluding hydrogens is 481 g/mol. The highest BCUT2D eigenvalue weighted by molar-refractivity contribution is 5.89. The number of carbonyl (C=O) groups is 1. The van der Waals surface area contributed by atoms with Gasteiger partial charge in [0.1, 0.15) is 23.1 Å². The van der Waals surface area contributed by atoms with E-state index in [4.69, 9.17) is 5.73 Å². The second kappa shape index (κ2) is 9.81. The van der Waals surface area contributed by atoms with Crippen LogP contribution in [0.5, 0.6) is 0 Å². The predicted octanol–water partition coefficient (Wildman–Crippen LogP) is 4.14. The summed E-state index contributed by atoms with van der Waals surface area (Å²) in [5, 5.41) is 14.6. The highest BCUT2D eigenvalue weighted by Gasteiger charge is 2.53. The zero-order valence-electron chi connectivity index (χ0n) is 20.4. The molecule has 5 rings (SSSR count). The lowest BCUT2D eigenvalue weighted by atomic mass is 9.66.